The van der Waals surface area contributed by atoms with E-state index in [1.165, 1.54) is 0 Å². The number of rotatable bonds is 6. The molecule has 0 unspecified atom stereocenters. The Morgan fingerprint density at radius 2 is 2.06 bits per heavy atom. The van der Waals surface area contributed by atoms with Crippen LogP contribution in [0.5, 0.6) is 0 Å². The second-order valence-corrected chi connectivity index (χ2v) is 3.63. The van der Waals surface area contributed by atoms with Crippen LogP contribution < -0.4 is 11.5 Å². The van der Waals surface area contributed by atoms with Crippen molar-refractivity contribution >= 4 is 11.8 Å². The molecule has 92 valence electrons. The lowest BCUT2D eigenvalue weighted by Crippen LogP contribution is -2.29. The van der Waals surface area contributed by atoms with E-state index in [9.17, 15) is 9.18 Å². The first kappa shape index (κ1) is 14.6. The van der Waals surface area contributed by atoms with Gasteiger partial charge in [0, 0.05) is 0 Å². The molecule has 0 aromatic carbocycles. The fourth-order valence-electron chi connectivity index (χ4n) is 0.960. The second-order valence-electron chi connectivity index (χ2n) is 3.63. The summed E-state index contributed by atoms with van der Waals surface area (Å²) in [6, 6.07) is -0.956. The van der Waals surface area contributed by atoms with Crippen molar-refractivity contribution in [3.8, 4) is 0 Å². The minimum atomic E-state index is -1.08. The van der Waals surface area contributed by atoms with Crippen LogP contribution in [-0.4, -0.2) is 29.5 Å². The lowest BCUT2D eigenvalue weighted by atomic mass is 10.1. The zero-order chi connectivity index (χ0) is 12.7. The molecule has 0 spiro atoms. The zero-order valence-electron chi connectivity index (χ0n) is 9.53. The predicted molar refractivity (Wildman–Crippen MR) is 60.8 cm³/mol. The van der Waals surface area contributed by atoms with Crippen LogP contribution in [0.3, 0.4) is 0 Å². The van der Waals surface area contributed by atoms with Crippen molar-refractivity contribution in [1.29, 1.82) is 0 Å². The molecule has 0 saturated heterocycles. The van der Waals surface area contributed by atoms with Crippen molar-refractivity contribution in [3.63, 3.8) is 0 Å². The van der Waals surface area contributed by atoms with Crippen molar-refractivity contribution in [3.05, 3.63) is 11.4 Å². The van der Waals surface area contributed by atoms with Gasteiger partial charge < -0.3 is 16.6 Å². The van der Waals surface area contributed by atoms with Crippen LogP contribution in [0.1, 0.15) is 26.7 Å². The zero-order valence-corrected chi connectivity index (χ0v) is 9.53. The highest BCUT2D eigenvalue weighted by Crippen LogP contribution is 2.13. The van der Waals surface area contributed by atoms with Gasteiger partial charge in [0.25, 0.3) is 0 Å². The highest BCUT2D eigenvalue weighted by atomic mass is 19.1. The summed E-state index contributed by atoms with van der Waals surface area (Å²) in [6.07, 6.45) is 0.512. The standard InChI is InChI=1S/C10H18FN3O2/c1-6(3-4-9(13)10(15)16)8(11)5-14-7(2)12/h9H,3-5,13H2,1-2H3,(H2,12,14)(H,15,16)/t9-/m0/s1. The fourth-order valence-corrected chi connectivity index (χ4v) is 0.960. The number of hydrogen-bond acceptors (Lipinski definition) is 3. The van der Waals surface area contributed by atoms with Crippen molar-refractivity contribution in [2.75, 3.05) is 6.54 Å². The first-order chi connectivity index (χ1) is 7.34. The summed E-state index contributed by atoms with van der Waals surface area (Å²) in [5, 5.41) is 8.54. The fraction of sp³-hybridized carbons (Fsp3) is 0.600. The van der Waals surface area contributed by atoms with Crippen LogP contribution in [0.15, 0.2) is 16.4 Å². The summed E-state index contributed by atoms with van der Waals surface area (Å²) >= 11 is 0. The molecule has 0 bridgehead atoms. The number of halogens is 1. The predicted octanol–water partition coefficient (Wildman–Crippen LogP) is 0.799. The van der Waals surface area contributed by atoms with Gasteiger partial charge in [-0.1, -0.05) is 0 Å². The molecule has 0 aromatic rings. The van der Waals surface area contributed by atoms with Crippen LogP contribution in [0.25, 0.3) is 0 Å². The smallest absolute Gasteiger partial charge is 0.320 e. The molecular formula is C10H18FN3O2. The van der Waals surface area contributed by atoms with Gasteiger partial charge in [-0.15, -0.1) is 0 Å². The molecule has 0 rings (SSSR count). The van der Waals surface area contributed by atoms with E-state index < -0.39 is 12.0 Å². The maximum absolute atomic E-state index is 13.3. The Morgan fingerprint density at radius 1 is 1.50 bits per heavy atom. The Balaban J connectivity index is 4.21. The van der Waals surface area contributed by atoms with Crippen LogP contribution in [0.2, 0.25) is 0 Å². The molecule has 1 atom stereocenters. The maximum atomic E-state index is 13.3. The molecule has 0 aromatic heterocycles. The monoisotopic (exact) mass is 231 g/mol. The highest BCUT2D eigenvalue weighted by molar-refractivity contribution is 5.77. The number of aliphatic imine (C=N–C) groups is 1. The molecule has 16 heavy (non-hydrogen) atoms. The Hall–Kier alpha value is -1.43. The van der Waals surface area contributed by atoms with E-state index >= 15 is 0 Å². The van der Waals surface area contributed by atoms with Gasteiger partial charge in [-0.25, -0.2) is 4.39 Å². The van der Waals surface area contributed by atoms with E-state index in [1.54, 1.807) is 13.8 Å². The molecule has 0 amide bonds. The van der Waals surface area contributed by atoms with Crippen LogP contribution in [0, 0.1) is 0 Å². The third-order valence-corrected chi connectivity index (χ3v) is 2.08. The van der Waals surface area contributed by atoms with Crippen LogP contribution in [-0.2, 0) is 4.79 Å². The summed E-state index contributed by atoms with van der Waals surface area (Å²) in [5.41, 5.74) is 11.0. The van der Waals surface area contributed by atoms with Gasteiger partial charge >= 0.3 is 5.97 Å². The molecule has 0 aliphatic heterocycles. The number of aliphatic carboxylic acids is 1. The van der Waals surface area contributed by atoms with E-state index in [-0.39, 0.29) is 18.8 Å². The topological polar surface area (TPSA) is 102 Å². The number of allylic oxidation sites excluding steroid dienone is 1. The van der Waals surface area contributed by atoms with Gasteiger partial charge in [-0.2, -0.15) is 0 Å². The lowest BCUT2D eigenvalue weighted by molar-refractivity contribution is -0.138. The second kappa shape index (κ2) is 6.95. The van der Waals surface area contributed by atoms with E-state index in [2.05, 4.69) is 4.99 Å². The van der Waals surface area contributed by atoms with Crippen LogP contribution in [0.4, 0.5) is 4.39 Å². The number of amidine groups is 1. The maximum Gasteiger partial charge on any atom is 0.320 e. The molecule has 0 aliphatic carbocycles. The van der Waals surface area contributed by atoms with Crippen molar-refractivity contribution in [2.24, 2.45) is 16.5 Å². The molecule has 5 N–H and O–H groups in total. The molecule has 0 aliphatic rings. The molecule has 0 fully saturated rings. The average Bonchev–Trinajstić information content (AvgIpc) is 2.21. The van der Waals surface area contributed by atoms with Crippen molar-refractivity contribution in [2.45, 2.75) is 32.7 Å². The first-order valence-corrected chi connectivity index (χ1v) is 4.93. The summed E-state index contributed by atoms with van der Waals surface area (Å²) in [7, 11) is 0. The van der Waals surface area contributed by atoms with Gasteiger partial charge in [0.1, 0.15) is 11.9 Å². The number of carboxylic acids is 1. The number of nitrogens with two attached hydrogens (primary N) is 2. The normalized spacial score (nSPS) is 15.6. The summed E-state index contributed by atoms with van der Waals surface area (Å²) < 4.78 is 13.3. The molecule has 5 nitrogen and oxygen atoms in total. The SMILES string of the molecule is CC(N)=NCC(F)=C(C)CC[C@H](N)C(=O)O. The van der Waals surface area contributed by atoms with Crippen molar-refractivity contribution < 1.29 is 14.3 Å². The minimum absolute atomic E-state index is 0.101. The quantitative estimate of drug-likeness (QED) is 0.464. The van der Waals surface area contributed by atoms with Gasteiger partial charge in [0.15, 0.2) is 0 Å². The Kier molecular flexibility index (Phi) is 6.32. The highest BCUT2D eigenvalue weighted by Gasteiger charge is 2.12. The first-order valence-electron chi connectivity index (χ1n) is 4.93. The lowest BCUT2D eigenvalue weighted by Gasteiger charge is -2.07. The van der Waals surface area contributed by atoms with E-state index in [1.807, 2.05) is 0 Å². The Bertz CT molecular complexity index is 309. The van der Waals surface area contributed by atoms with Gasteiger partial charge in [-0.05, 0) is 32.3 Å². The Morgan fingerprint density at radius 3 is 2.50 bits per heavy atom. The summed E-state index contributed by atoms with van der Waals surface area (Å²) in [6.45, 7) is 3.06. The summed E-state index contributed by atoms with van der Waals surface area (Å²) in [4.78, 5) is 14.1. The van der Waals surface area contributed by atoms with E-state index in [4.69, 9.17) is 16.6 Å². The van der Waals surface area contributed by atoms with E-state index in [0.29, 0.717) is 17.8 Å². The minimum Gasteiger partial charge on any atom is -0.480 e. The molecule has 6 heteroatoms. The number of hydrogen-bond donors (Lipinski definition) is 3. The van der Waals surface area contributed by atoms with E-state index in [0.717, 1.165) is 0 Å². The summed E-state index contributed by atoms with van der Waals surface area (Å²) in [5.74, 6) is -1.16. The van der Waals surface area contributed by atoms with Gasteiger partial charge in [-0.3, -0.25) is 9.79 Å². The van der Waals surface area contributed by atoms with Crippen LogP contribution >= 0.6 is 0 Å². The molecular weight excluding hydrogens is 213 g/mol. The molecule has 0 radical (unpaired) electrons. The number of carbonyl (C=O) groups is 1. The molecule has 0 saturated carbocycles. The van der Waals surface area contributed by atoms with Gasteiger partial charge in [0.2, 0.25) is 0 Å². The third-order valence-electron chi connectivity index (χ3n) is 2.08. The largest absolute Gasteiger partial charge is 0.480 e. The number of carboxylic acid groups (broad SMARTS) is 1. The Labute approximate surface area is 94.0 Å². The van der Waals surface area contributed by atoms with Gasteiger partial charge in [0.05, 0.1) is 12.4 Å². The third kappa shape index (κ3) is 6.13. The van der Waals surface area contributed by atoms with Crippen molar-refractivity contribution in [1.82, 2.24) is 0 Å². The number of nitrogens with zero attached hydrogens (tertiary/aromatic N) is 1. The molecule has 0 heterocycles. The average molecular weight is 231 g/mol.